The van der Waals surface area contributed by atoms with E-state index in [1.54, 1.807) is 5.57 Å². The van der Waals surface area contributed by atoms with Crippen LogP contribution in [0.4, 0.5) is 0 Å². The van der Waals surface area contributed by atoms with Crippen molar-refractivity contribution < 1.29 is 0 Å². The highest BCUT2D eigenvalue weighted by molar-refractivity contribution is 7.99. The molecule has 4 atom stereocenters. The first-order chi connectivity index (χ1) is 7.63. The van der Waals surface area contributed by atoms with Gasteiger partial charge in [-0.3, -0.25) is 0 Å². The molecule has 0 saturated heterocycles. The summed E-state index contributed by atoms with van der Waals surface area (Å²) in [5.41, 5.74) is 1.59. The number of hydrogen-bond acceptors (Lipinski definition) is 1. The van der Waals surface area contributed by atoms with E-state index in [1.165, 1.54) is 25.7 Å². The molecule has 0 nitrogen and oxygen atoms in total. The van der Waals surface area contributed by atoms with Crippen LogP contribution in [0.5, 0.6) is 0 Å². The Morgan fingerprint density at radius 3 is 2.56 bits per heavy atom. The maximum Gasteiger partial charge on any atom is 0.0112 e. The zero-order chi connectivity index (χ0) is 12.1. The lowest BCUT2D eigenvalue weighted by atomic mass is 9.62. The third-order valence-electron chi connectivity index (χ3n) is 4.37. The summed E-state index contributed by atoms with van der Waals surface area (Å²) >= 11 is 2.08. The van der Waals surface area contributed by atoms with Gasteiger partial charge in [0, 0.05) is 5.25 Å². The van der Waals surface area contributed by atoms with Crippen LogP contribution < -0.4 is 0 Å². The maximum absolute atomic E-state index is 2.46. The van der Waals surface area contributed by atoms with E-state index < -0.39 is 0 Å². The van der Waals surface area contributed by atoms with Crippen molar-refractivity contribution in [3.05, 3.63) is 11.6 Å². The molecule has 1 saturated carbocycles. The lowest BCUT2D eigenvalue weighted by molar-refractivity contribution is 0.0821. The Morgan fingerprint density at radius 2 is 2.12 bits per heavy atom. The summed E-state index contributed by atoms with van der Waals surface area (Å²) in [6, 6.07) is 0. The van der Waals surface area contributed by atoms with Crippen LogP contribution in [0.15, 0.2) is 11.6 Å². The van der Waals surface area contributed by atoms with Gasteiger partial charge in [0.25, 0.3) is 0 Å². The summed E-state index contributed by atoms with van der Waals surface area (Å²) in [5, 5.41) is 0.862. The van der Waals surface area contributed by atoms with Crippen LogP contribution in [0.2, 0.25) is 0 Å². The predicted octanol–water partition coefficient (Wildman–Crippen LogP) is 5.15. The van der Waals surface area contributed by atoms with E-state index in [4.69, 9.17) is 0 Å². The summed E-state index contributed by atoms with van der Waals surface area (Å²) in [6.45, 7) is 9.34. The van der Waals surface area contributed by atoms with E-state index >= 15 is 0 Å². The second-order valence-corrected chi connectivity index (χ2v) is 6.44. The molecule has 1 aliphatic carbocycles. The molecular weight excluding hydrogens is 212 g/mol. The first-order valence-electron chi connectivity index (χ1n) is 6.82. The Bertz CT molecular complexity index is 232. The van der Waals surface area contributed by atoms with Crippen molar-refractivity contribution >= 4 is 11.8 Å². The van der Waals surface area contributed by atoms with Gasteiger partial charge in [-0.25, -0.2) is 0 Å². The molecule has 0 aromatic heterocycles. The molecule has 4 unspecified atom stereocenters. The first-order valence-corrected chi connectivity index (χ1v) is 8.11. The van der Waals surface area contributed by atoms with Crippen molar-refractivity contribution in [3.8, 4) is 0 Å². The predicted molar refractivity (Wildman–Crippen MR) is 77.0 cm³/mol. The fraction of sp³-hybridized carbons (Fsp3) is 0.867. The maximum atomic E-state index is 2.46. The molecule has 0 amide bonds. The van der Waals surface area contributed by atoms with E-state index in [0.29, 0.717) is 0 Å². The highest BCUT2D eigenvalue weighted by Gasteiger charge is 2.40. The van der Waals surface area contributed by atoms with Gasteiger partial charge < -0.3 is 0 Å². The van der Waals surface area contributed by atoms with Crippen molar-refractivity contribution in [3.63, 3.8) is 0 Å². The molecule has 0 aromatic carbocycles. The van der Waals surface area contributed by atoms with Gasteiger partial charge in [0.05, 0.1) is 0 Å². The third-order valence-corrected chi connectivity index (χ3v) is 5.50. The van der Waals surface area contributed by atoms with E-state index in [-0.39, 0.29) is 0 Å². The largest absolute Gasteiger partial charge is 0.161 e. The monoisotopic (exact) mass is 240 g/mol. The van der Waals surface area contributed by atoms with Gasteiger partial charge in [-0.05, 0) is 50.2 Å². The van der Waals surface area contributed by atoms with Crippen molar-refractivity contribution in [1.82, 2.24) is 0 Å². The molecule has 0 radical (unpaired) electrons. The minimum absolute atomic E-state index is 0.862. The molecule has 16 heavy (non-hydrogen) atoms. The molecule has 94 valence electrons. The van der Waals surface area contributed by atoms with Crippen molar-refractivity contribution in [2.75, 3.05) is 6.26 Å². The van der Waals surface area contributed by atoms with E-state index in [9.17, 15) is 0 Å². The van der Waals surface area contributed by atoms with E-state index in [2.05, 4.69) is 51.8 Å². The highest BCUT2D eigenvalue weighted by Crippen LogP contribution is 2.48. The number of allylic oxidation sites excluding steroid dienone is 2. The number of thioether (sulfide) groups is 1. The quantitative estimate of drug-likeness (QED) is 0.579. The van der Waals surface area contributed by atoms with E-state index in [0.717, 1.165) is 23.0 Å². The minimum atomic E-state index is 0.862. The smallest absolute Gasteiger partial charge is 0.0112 e. The molecule has 0 aromatic rings. The fourth-order valence-electron chi connectivity index (χ4n) is 3.12. The topological polar surface area (TPSA) is 0 Å². The summed E-state index contributed by atoms with van der Waals surface area (Å²) < 4.78 is 0. The first kappa shape index (κ1) is 14.2. The molecule has 0 heterocycles. The van der Waals surface area contributed by atoms with Gasteiger partial charge in [0.2, 0.25) is 0 Å². The summed E-state index contributed by atoms with van der Waals surface area (Å²) in [4.78, 5) is 0. The molecule has 0 bridgehead atoms. The second kappa shape index (κ2) is 6.74. The molecule has 1 fully saturated rings. The van der Waals surface area contributed by atoms with Crippen LogP contribution in [0.3, 0.4) is 0 Å². The summed E-state index contributed by atoms with van der Waals surface area (Å²) in [7, 11) is 0. The Balaban J connectivity index is 2.47. The Morgan fingerprint density at radius 1 is 1.44 bits per heavy atom. The van der Waals surface area contributed by atoms with Crippen LogP contribution in [-0.2, 0) is 0 Å². The normalized spacial score (nSPS) is 32.3. The van der Waals surface area contributed by atoms with Crippen molar-refractivity contribution in [2.45, 2.75) is 58.6 Å². The van der Waals surface area contributed by atoms with E-state index in [1.807, 2.05) is 0 Å². The highest BCUT2D eigenvalue weighted by atomic mass is 32.2. The van der Waals surface area contributed by atoms with Gasteiger partial charge in [-0.1, -0.05) is 38.8 Å². The zero-order valence-electron chi connectivity index (χ0n) is 11.6. The lowest BCUT2D eigenvalue weighted by Crippen LogP contribution is -2.40. The van der Waals surface area contributed by atoms with Gasteiger partial charge >= 0.3 is 0 Å². The van der Waals surface area contributed by atoms with Crippen molar-refractivity contribution in [1.29, 1.82) is 0 Å². The number of rotatable bonds is 6. The molecule has 1 rings (SSSR count). The minimum Gasteiger partial charge on any atom is -0.161 e. The molecule has 0 aliphatic heterocycles. The van der Waals surface area contributed by atoms with Crippen LogP contribution in [0.25, 0.3) is 0 Å². The van der Waals surface area contributed by atoms with Gasteiger partial charge in [0.15, 0.2) is 0 Å². The van der Waals surface area contributed by atoms with Crippen LogP contribution >= 0.6 is 11.8 Å². The standard InChI is InChI=1S/C15H28S/c1-6-8-11(3)9-15(16-5)14-10-13(7-2)12(14)4/h8,12-15H,6-7,9-10H2,1-5H3/b11-8-. The lowest BCUT2D eigenvalue weighted by Gasteiger charge is -2.46. The molecule has 1 heteroatoms. The summed E-state index contributed by atoms with van der Waals surface area (Å²) in [6.07, 6.45) is 10.0. The van der Waals surface area contributed by atoms with Crippen LogP contribution in [0.1, 0.15) is 53.4 Å². The zero-order valence-corrected chi connectivity index (χ0v) is 12.4. The van der Waals surface area contributed by atoms with Gasteiger partial charge in [-0.2, -0.15) is 11.8 Å². The SMILES string of the molecule is CC/C=C(/C)CC(SC)C1CC(CC)C1C. The van der Waals surface area contributed by atoms with Crippen LogP contribution in [0, 0.1) is 17.8 Å². The Kier molecular flexibility index (Phi) is 5.96. The molecule has 0 N–H and O–H groups in total. The molecule has 0 spiro atoms. The average Bonchev–Trinajstić information content (AvgIpc) is 2.26. The van der Waals surface area contributed by atoms with Gasteiger partial charge in [-0.15, -0.1) is 0 Å². The average molecular weight is 240 g/mol. The van der Waals surface area contributed by atoms with Crippen molar-refractivity contribution in [2.24, 2.45) is 17.8 Å². The third kappa shape index (κ3) is 3.29. The molecular formula is C15H28S. The summed E-state index contributed by atoms with van der Waals surface area (Å²) in [5.74, 6) is 2.94. The Labute approximate surface area is 106 Å². The van der Waals surface area contributed by atoms with Gasteiger partial charge in [0.1, 0.15) is 0 Å². The Hall–Kier alpha value is 0.0900. The fourth-order valence-corrected chi connectivity index (χ4v) is 4.26. The molecule has 1 aliphatic rings. The van der Waals surface area contributed by atoms with Crippen LogP contribution in [-0.4, -0.2) is 11.5 Å². The number of hydrogen-bond donors (Lipinski definition) is 0. The second-order valence-electron chi connectivity index (χ2n) is 5.36.